The largest absolute Gasteiger partial charge is 0.372 e. The molecule has 2 nitrogen and oxygen atoms in total. The molecule has 2 aromatic rings. The maximum absolute atomic E-state index is 13.9. The molecule has 0 unspecified atom stereocenters. The van der Waals surface area contributed by atoms with Crippen LogP contribution in [0.2, 0.25) is 0 Å². The molecule has 3 heteroatoms. The third-order valence-electron chi connectivity index (χ3n) is 3.80. The molecule has 1 aliphatic rings. The summed E-state index contributed by atoms with van der Waals surface area (Å²) in [6.45, 7) is 6.03. The second-order valence-corrected chi connectivity index (χ2v) is 5.82. The second-order valence-electron chi connectivity index (χ2n) is 5.82. The molecule has 1 N–H and O–H groups in total. The number of hydrogen-bond acceptors (Lipinski definition) is 2. The summed E-state index contributed by atoms with van der Waals surface area (Å²) in [5, 5.41) is 3.26. The fourth-order valence-electron chi connectivity index (χ4n) is 2.56. The van der Waals surface area contributed by atoms with Gasteiger partial charge >= 0.3 is 0 Å². The summed E-state index contributed by atoms with van der Waals surface area (Å²) in [5.74, 6) is -0.156. The summed E-state index contributed by atoms with van der Waals surface area (Å²) in [7, 11) is 0. The van der Waals surface area contributed by atoms with Gasteiger partial charge in [-0.1, -0.05) is 32.0 Å². The molecule has 0 radical (unpaired) electrons. The van der Waals surface area contributed by atoms with Gasteiger partial charge in [-0.05, 0) is 40.5 Å². The fourth-order valence-corrected chi connectivity index (χ4v) is 2.56. The Kier molecular flexibility index (Phi) is 4.04. The van der Waals surface area contributed by atoms with E-state index in [1.165, 1.54) is 11.1 Å². The predicted octanol–water partition coefficient (Wildman–Crippen LogP) is 4.02. The van der Waals surface area contributed by atoms with Gasteiger partial charge in [-0.15, -0.1) is 0 Å². The van der Waals surface area contributed by atoms with Gasteiger partial charge in [0, 0.05) is 18.2 Å². The van der Waals surface area contributed by atoms with Crippen molar-refractivity contribution in [1.29, 1.82) is 0 Å². The minimum absolute atomic E-state index is 0.156. The average molecular weight is 285 g/mol. The average Bonchev–Trinajstić information content (AvgIpc) is 2.93. The van der Waals surface area contributed by atoms with E-state index in [4.69, 9.17) is 4.74 Å². The normalized spacial score (nSPS) is 13.7. The molecule has 21 heavy (non-hydrogen) atoms. The minimum Gasteiger partial charge on any atom is -0.372 e. The molecular formula is C18H20FNO. The van der Waals surface area contributed by atoms with Crippen molar-refractivity contribution < 1.29 is 9.13 Å². The molecule has 0 saturated carbocycles. The SMILES string of the molecule is CC(C)NCc1cc(-c2ccc3c(c2)COC3)ccc1F. The Balaban J connectivity index is 1.90. The Hall–Kier alpha value is -1.71. The van der Waals surface area contributed by atoms with E-state index < -0.39 is 0 Å². The molecule has 110 valence electrons. The molecule has 0 amide bonds. The maximum atomic E-state index is 13.9. The van der Waals surface area contributed by atoms with E-state index in [0.717, 1.165) is 11.1 Å². The Labute approximate surface area is 125 Å². The molecule has 0 saturated heterocycles. The van der Waals surface area contributed by atoms with Crippen LogP contribution < -0.4 is 5.32 Å². The van der Waals surface area contributed by atoms with Crippen molar-refractivity contribution in [3.63, 3.8) is 0 Å². The molecule has 0 atom stereocenters. The second kappa shape index (κ2) is 5.96. The zero-order chi connectivity index (χ0) is 14.8. The van der Waals surface area contributed by atoms with Gasteiger partial charge in [-0.3, -0.25) is 0 Å². The number of fused-ring (bicyclic) bond motifs is 1. The first-order valence-corrected chi connectivity index (χ1v) is 7.35. The molecule has 0 spiro atoms. The quantitative estimate of drug-likeness (QED) is 0.916. The lowest BCUT2D eigenvalue weighted by Gasteiger charge is -2.11. The maximum Gasteiger partial charge on any atom is 0.127 e. The van der Waals surface area contributed by atoms with Crippen LogP contribution in [0.1, 0.15) is 30.5 Å². The van der Waals surface area contributed by atoms with Crippen molar-refractivity contribution in [2.24, 2.45) is 0 Å². The first-order valence-electron chi connectivity index (χ1n) is 7.35. The highest BCUT2D eigenvalue weighted by Crippen LogP contribution is 2.28. The monoisotopic (exact) mass is 285 g/mol. The highest BCUT2D eigenvalue weighted by molar-refractivity contribution is 5.66. The zero-order valence-electron chi connectivity index (χ0n) is 12.4. The summed E-state index contributed by atoms with van der Waals surface area (Å²) in [6.07, 6.45) is 0. The number of ether oxygens (including phenoxy) is 1. The van der Waals surface area contributed by atoms with E-state index in [1.54, 1.807) is 6.07 Å². The zero-order valence-corrected chi connectivity index (χ0v) is 12.4. The highest BCUT2D eigenvalue weighted by Gasteiger charge is 2.12. The van der Waals surface area contributed by atoms with Crippen molar-refractivity contribution in [3.05, 3.63) is 58.9 Å². The molecule has 2 aromatic carbocycles. The summed E-state index contributed by atoms with van der Waals surface area (Å²) in [4.78, 5) is 0. The van der Waals surface area contributed by atoms with E-state index in [9.17, 15) is 4.39 Å². The van der Waals surface area contributed by atoms with E-state index in [2.05, 4.69) is 37.4 Å². The van der Waals surface area contributed by atoms with Crippen LogP contribution in [-0.4, -0.2) is 6.04 Å². The summed E-state index contributed by atoms with van der Waals surface area (Å²) < 4.78 is 19.3. The Bertz CT molecular complexity index is 652. The summed E-state index contributed by atoms with van der Waals surface area (Å²) in [6, 6.07) is 12.0. The summed E-state index contributed by atoms with van der Waals surface area (Å²) >= 11 is 0. The Morgan fingerprint density at radius 2 is 1.76 bits per heavy atom. The first kappa shape index (κ1) is 14.2. The third kappa shape index (κ3) is 3.14. The smallest absolute Gasteiger partial charge is 0.127 e. The van der Waals surface area contributed by atoms with Crippen molar-refractivity contribution in [2.45, 2.75) is 39.6 Å². The first-order chi connectivity index (χ1) is 10.1. The number of nitrogens with one attached hydrogen (secondary N) is 1. The van der Waals surface area contributed by atoms with Gasteiger partial charge in [0.05, 0.1) is 13.2 Å². The van der Waals surface area contributed by atoms with Gasteiger partial charge in [0.2, 0.25) is 0 Å². The van der Waals surface area contributed by atoms with Crippen LogP contribution in [0.4, 0.5) is 4.39 Å². The van der Waals surface area contributed by atoms with Crippen LogP contribution in [0.3, 0.4) is 0 Å². The molecule has 0 bridgehead atoms. The van der Waals surface area contributed by atoms with Gasteiger partial charge in [-0.2, -0.15) is 0 Å². The molecule has 0 aromatic heterocycles. The van der Waals surface area contributed by atoms with E-state index in [0.29, 0.717) is 31.4 Å². The van der Waals surface area contributed by atoms with Gasteiger partial charge in [0.1, 0.15) is 5.82 Å². The van der Waals surface area contributed by atoms with Crippen LogP contribution in [0, 0.1) is 5.82 Å². The van der Waals surface area contributed by atoms with Crippen molar-refractivity contribution in [1.82, 2.24) is 5.32 Å². The Morgan fingerprint density at radius 3 is 2.57 bits per heavy atom. The molecule has 1 heterocycles. The predicted molar refractivity (Wildman–Crippen MR) is 82.3 cm³/mol. The highest BCUT2D eigenvalue weighted by atomic mass is 19.1. The topological polar surface area (TPSA) is 21.3 Å². The van der Waals surface area contributed by atoms with Crippen molar-refractivity contribution in [2.75, 3.05) is 0 Å². The van der Waals surface area contributed by atoms with Gasteiger partial charge in [-0.25, -0.2) is 4.39 Å². The van der Waals surface area contributed by atoms with E-state index in [1.807, 2.05) is 12.1 Å². The van der Waals surface area contributed by atoms with Crippen LogP contribution in [0.15, 0.2) is 36.4 Å². The fraction of sp³-hybridized carbons (Fsp3) is 0.333. The molecular weight excluding hydrogens is 265 g/mol. The number of rotatable bonds is 4. The molecule has 0 fully saturated rings. The standard InChI is InChI=1S/C18H20FNO/c1-12(2)20-9-16-7-14(5-6-18(16)19)13-3-4-15-10-21-11-17(15)8-13/h3-8,12,20H,9-11H2,1-2H3. The Morgan fingerprint density at radius 1 is 1.05 bits per heavy atom. The molecule has 1 aliphatic heterocycles. The van der Waals surface area contributed by atoms with Gasteiger partial charge < -0.3 is 10.1 Å². The minimum atomic E-state index is -0.156. The number of halogens is 1. The molecule has 3 rings (SSSR count). The molecule has 0 aliphatic carbocycles. The van der Waals surface area contributed by atoms with Crippen molar-refractivity contribution in [3.8, 4) is 11.1 Å². The van der Waals surface area contributed by atoms with Crippen LogP contribution in [0.5, 0.6) is 0 Å². The summed E-state index contributed by atoms with van der Waals surface area (Å²) in [5.41, 5.74) is 5.36. The van der Waals surface area contributed by atoms with Crippen LogP contribution in [-0.2, 0) is 24.5 Å². The van der Waals surface area contributed by atoms with E-state index >= 15 is 0 Å². The third-order valence-corrected chi connectivity index (χ3v) is 3.80. The van der Waals surface area contributed by atoms with Gasteiger partial charge in [0.15, 0.2) is 0 Å². The lowest BCUT2D eigenvalue weighted by atomic mass is 9.99. The number of benzene rings is 2. The van der Waals surface area contributed by atoms with Crippen LogP contribution >= 0.6 is 0 Å². The van der Waals surface area contributed by atoms with Crippen LogP contribution in [0.25, 0.3) is 11.1 Å². The van der Waals surface area contributed by atoms with E-state index in [-0.39, 0.29) is 5.82 Å². The van der Waals surface area contributed by atoms with Gasteiger partial charge in [0.25, 0.3) is 0 Å². The lowest BCUT2D eigenvalue weighted by Crippen LogP contribution is -2.22. The lowest BCUT2D eigenvalue weighted by molar-refractivity contribution is 0.134. The number of hydrogen-bond donors (Lipinski definition) is 1. The van der Waals surface area contributed by atoms with Crippen molar-refractivity contribution >= 4 is 0 Å².